The zero-order valence-electron chi connectivity index (χ0n) is 15.2. The molecule has 4 nitrogen and oxygen atoms in total. The predicted molar refractivity (Wildman–Crippen MR) is 105 cm³/mol. The van der Waals surface area contributed by atoms with E-state index in [0.717, 1.165) is 12.8 Å². The third kappa shape index (κ3) is 3.73. The number of ketones is 2. The molecule has 1 aromatic carbocycles. The summed E-state index contributed by atoms with van der Waals surface area (Å²) in [6, 6.07) is 2.95. The van der Waals surface area contributed by atoms with Gasteiger partial charge in [-0.2, -0.15) is 11.8 Å². The minimum absolute atomic E-state index is 0.0184. The van der Waals surface area contributed by atoms with E-state index in [4.69, 9.17) is 11.6 Å². The highest BCUT2D eigenvalue weighted by molar-refractivity contribution is 8.01. The van der Waals surface area contributed by atoms with Crippen LogP contribution in [0.15, 0.2) is 17.0 Å². The molecule has 1 heterocycles. The van der Waals surface area contributed by atoms with Crippen molar-refractivity contribution in [3.8, 4) is 0 Å². The van der Waals surface area contributed by atoms with Crippen LogP contribution in [-0.2, 0) is 21.1 Å². The van der Waals surface area contributed by atoms with Gasteiger partial charge in [-0.3, -0.25) is 9.59 Å². The largest absolute Gasteiger partial charge is 0.299 e. The van der Waals surface area contributed by atoms with Crippen molar-refractivity contribution in [3.05, 3.63) is 28.3 Å². The van der Waals surface area contributed by atoms with Crippen LogP contribution < -0.4 is 0 Å². The van der Waals surface area contributed by atoms with Crippen LogP contribution in [0.3, 0.4) is 0 Å². The molecule has 3 rings (SSSR count). The smallest absolute Gasteiger partial charge is 0.179 e. The maximum atomic E-state index is 13.2. The summed E-state index contributed by atoms with van der Waals surface area (Å²) in [5.74, 6) is -0.993. The number of carbonyl (C=O) groups excluding carboxylic acids is 2. The Morgan fingerprint density at radius 3 is 2.58 bits per heavy atom. The molecule has 0 aromatic heterocycles. The van der Waals surface area contributed by atoms with Crippen molar-refractivity contribution in [2.24, 2.45) is 5.92 Å². The van der Waals surface area contributed by atoms with Gasteiger partial charge in [-0.15, -0.1) is 0 Å². The molecule has 1 aromatic rings. The topological polar surface area (TPSA) is 68.3 Å². The van der Waals surface area contributed by atoms with Crippen LogP contribution in [0.4, 0.5) is 0 Å². The number of thioether (sulfide) groups is 1. The van der Waals surface area contributed by atoms with Crippen LogP contribution in [0.25, 0.3) is 0 Å². The fourth-order valence-electron chi connectivity index (χ4n) is 3.74. The fourth-order valence-corrected chi connectivity index (χ4v) is 7.30. The SMILES string of the molecule is CC(C)(C)SC1CCCC(=O)C1C(=O)c1ccc2c(c1Cl)CCS2(=O)=O. The molecule has 1 saturated carbocycles. The molecule has 0 amide bonds. The first-order chi connectivity index (χ1) is 12.0. The first-order valence-corrected chi connectivity index (χ1v) is 11.7. The van der Waals surface area contributed by atoms with Gasteiger partial charge in [0.2, 0.25) is 0 Å². The number of Topliss-reactive ketones (excluding diaryl/α,β-unsaturated/α-hetero) is 2. The monoisotopic (exact) mass is 414 g/mol. The van der Waals surface area contributed by atoms with Crippen molar-refractivity contribution in [2.75, 3.05) is 5.75 Å². The molecule has 0 radical (unpaired) electrons. The predicted octanol–water partition coefficient (Wildman–Crippen LogP) is 4.12. The lowest BCUT2D eigenvalue weighted by Crippen LogP contribution is -2.39. The second-order valence-corrected chi connectivity index (χ2v) is 12.5. The van der Waals surface area contributed by atoms with Crippen LogP contribution in [0, 0.1) is 5.92 Å². The van der Waals surface area contributed by atoms with E-state index in [1.807, 2.05) is 0 Å². The summed E-state index contributed by atoms with van der Waals surface area (Å²) in [7, 11) is -3.31. The van der Waals surface area contributed by atoms with E-state index in [-0.39, 0.29) is 42.8 Å². The molecule has 2 atom stereocenters. The lowest BCUT2D eigenvalue weighted by atomic mass is 9.82. The Hall–Kier alpha value is -0.850. The molecule has 2 aliphatic rings. The Balaban J connectivity index is 1.98. The highest BCUT2D eigenvalue weighted by Crippen LogP contribution is 2.41. The highest BCUT2D eigenvalue weighted by Gasteiger charge is 2.41. The number of fused-ring (bicyclic) bond motifs is 1. The van der Waals surface area contributed by atoms with E-state index in [2.05, 4.69) is 20.8 Å². The van der Waals surface area contributed by atoms with Crippen molar-refractivity contribution in [1.82, 2.24) is 0 Å². The maximum Gasteiger partial charge on any atom is 0.179 e. The second-order valence-electron chi connectivity index (χ2n) is 7.94. The molecule has 0 N–H and O–H groups in total. The number of carbonyl (C=O) groups is 2. The zero-order valence-corrected chi connectivity index (χ0v) is 17.6. The van der Waals surface area contributed by atoms with Crippen LogP contribution in [0.1, 0.15) is 56.0 Å². The molecule has 0 spiro atoms. The molecule has 1 aliphatic carbocycles. The summed E-state index contributed by atoms with van der Waals surface area (Å²) in [5.41, 5.74) is 0.795. The number of benzene rings is 1. The summed E-state index contributed by atoms with van der Waals surface area (Å²) in [6.07, 6.45) is 2.35. The zero-order chi connectivity index (χ0) is 19.3. The lowest BCUT2D eigenvalue weighted by Gasteiger charge is -2.33. The summed E-state index contributed by atoms with van der Waals surface area (Å²) in [6.45, 7) is 6.22. The quantitative estimate of drug-likeness (QED) is 0.549. The number of sulfone groups is 1. The summed E-state index contributed by atoms with van der Waals surface area (Å²) in [4.78, 5) is 26.0. The number of halogens is 1. The Labute approximate surface area is 164 Å². The Kier molecular flexibility index (Phi) is 5.32. The van der Waals surface area contributed by atoms with Gasteiger partial charge in [0.05, 0.1) is 21.6 Å². The molecular weight excluding hydrogens is 392 g/mol. The Morgan fingerprint density at radius 2 is 1.92 bits per heavy atom. The molecule has 1 aliphatic heterocycles. The van der Waals surface area contributed by atoms with Gasteiger partial charge in [0.1, 0.15) is 5.78 Å². The first-order valence-electron chi connectivity index (χ1n) is 8.80. The molecular formula is C19H23ClO4S2. The van der Waals surface area contributed by atoms with E-state index >= 15 is 0 Å². The third-order valence-corrected chi connectivity index (χ3v) is 8.58. The van der Waals surface area contributed by atoms with Crippen molar-refractivity contribution >= 4 is 44.8 Å². The van der Waals surface area contributed by atoms with E-state index in [9.17, 15) is 18.0 Å². The Morgan fingerprint density at radius 1 is 1.23 bits per heavy atom. The van der Waals surface area contributed by atoms with E-state index in [1.165, 1.54) is 12.1 Å². The van der Waals surface area contributed by atoms with Crippen molar-refractivity contribution in [1.29, 1.82) is 0 Å². The summed E-state index contributed by atoms with van der Waals surface area (Å²) >= 11 is 8.08. The highest BCUT2D eigenvalue weighted by atomic mass is 35.5. The van der Waals surface area contributed by atoms with Crippen molar-refractivity contribution in [3.63, 3.8) is 0 Å². The van der Waals surface area contributed by atoms with Gasteiger partial charge < -0.3 is 0 Å². The second kappa shape index (κ2) is 6.95. The Bertz CT molecular complexity index is 868. The van der Waals surface area contributed by atoms with Gasteiger partial charge >= 0.3 is 0 Å². The first kappa shape index (κ1) is 19.9. The standard InChI is InChI=1S/C19H23ClO4S2/c1-19(2,3)25-14-6-4-5-13(21)16(14)18(22)12-7-8-15-11(17(12)20)9-10-26(15,23)24/h7-8,14,16H,4-6,9-10H2,1-3H3. The third-order valence-electron chi connectivity index (χ3n) is 4.84. The minimum atomic E-state index is -3.31. The maximum absolute atomic E-state index is 13.2. The number of hydrogen-bond donors (Lipinski definition) is 0. The van der Waals surface area contributed by atoms with Crippen molar-refractivity contribution < 1.29 is 18.0 Å². The van der Waals surface area contributed by atoms with Gasteiger partial charge in [-0.05, 0) is 37.0 Å². The van der Waals surface area contributed by atoms with Gasteiger partial charge in [0.15, 0.2) is 15.6 Å². The molecule has 142 valence electrons. The molecule has 2 unspecified atom stereocenters. The van der Waals surface area contributed by atoms with E-state index in [0.29, 0.717) is 18.4 Å². The molecule has 0 saturated heterocycles. The molecule has 7 heteroatoms. The fraction of sp³-hybridized carbons (Fsp3) is 0.579. The average molecular weight is 415 g/mol. The minimum Gasteiger partial charge on any atom is -0.299 e. The van der Waals surface area contributed by atoms with Crippen LogP contribution >= 0.6 is 23.4 Å². The van der Waals surface area contributed by atoms with E-state index in [1.54, 1.807) is 11.8 Å². The van der Waals surface area contributed by atoms with Crippen LogP contribution in [-0.4, -0.2) is 35.7 Å². The summed E-state index contributed by atoms with van der Waals surface area (Å²) in [5, 5.41) is 0.128. The van der Waals surface area contributed by atoms with Crippen LogP contribution in [0.2, 0.25) is 5.02 Å². The van der Waals surface area contributed by atoms with Gasteiger partial charge in [-0.1, -0.05) is 32.4 Å². The molecule has 26 heavy (non-hydrogen) atoms. The van der Waals surface area contributed by atoms with Crippen molar-refractivity contribution in [2.45, 2.75) is 61.3 Å². The molecule has 1 fully saturated rings. The van der Waals surface area contributed by atoms with Crippen LogP contribution in [0.5, 0.6) is 0 Å². The number of hydrogen-bond acceptors (Lipinski definition) is 5. The van der Waals surface area contributed by atoms with Gasteiger partial charge in [0, 0.05) is 22.0 Å². The van der Waals surface area contributed by atoms with Gasteiger partial charge in [-0.25, -0.2) is 8.42 Å². The summed E-state index contributed by atoms with van der Waals surface area (Å²) < 4.78 is 24.0. The van der Waals surface area contributed by atoms with E-state index < -0.39 is 15.8 Å². The normalized spacial score (nSPS) is 25.2. The number of rotatable bonds is 3. The lowest BCUT2D eigenvalue weighted by molar-refractivity contribution is -0.122. The molecule has 0 bridgehead atoms. The van der Waals surface area contributed by atoms with Gasteiger partial charge in [0.25, 0.3) is 0 Å². The average Bonchev–Trinajstić information content (AvgIpc) is 2.82.